The summed E-state index contributed by atoms with van der Waals surface area (Å²) < 4.78 is 0. The van der Waals surface area contributed by atoms with Crippen molar-refractivity contribution in [3.63, 3.8) is 0 Å². The zero-order valence-electron chi connectivity index (χ0n) is 10.9. The average molecular weight is 237 g/mol. The molecule has 1 aliphatic rings. The first kappa shape index (κ1) is 14.0. The fraction of sp³-hybridized carbons (Fsp3) is 0.846. The Labute approximate surface area is 104 Å². The Balaban J connectivity index is 2.23. The number of amides is 1. The summed E-state index contributed by atoms with van der Waals surface area (Å²) in [6.07, 6.45) is 2.89. The molecule has 0 aromatic carbocycles. The van der Waals surface area contributed by atoms with E-state index in [2.05, 4.69) is 17.1 Å². The minimum absolute atomic E-state index is 0.104. The van der Waals surface area contributed by atoms with Crippen molar-refractivity contribution in [1.82, 2.24) is 10.2 Å². The topological polar surface area (TPSA) is 56.1 Å². The third-order valence-electron chi connectivity index (χ3n) is 3.60. The molecule has 1 heterocycles. The van der Waals surface area contributed by atoms with Crippen molar-refractivity contribution in [3.05, 3.63) is 0 Å². The largest absolute Gasteiger partial charge is 0.355 e. The van der Waals surface area contributed by atoms with E-state index in [0.29, 0.717) is 12.3 Å². The molecule has 0 aromatic heterocycles. The van der Waals surface area contributed by atoms with E-state index in [-0.39, 0.29) is 5.91 Å². The Morgan fingerprint density at radius 3 is 2.59 bits per heavy atom. The maximum absolute atomic E-state index is 11.6. The zero-order valence-corrected chi connectivity index (χ0v) is 10.9. The van der Waals surface area contributed by atoms with Gasteiger partial charge in [0.2, 0.25) is 5.91 Å². The highest BCUT2D eigenvalue weighted by atomic mass is 16.1. The van der Waals surface area contributed by atoms with Crippen LogP contribution in [0.5, 0.6) is 0 Å². The summed E-state index contributed by atoms with van der Waals surface area (Å²) in [5, 5.41) is 11.7. The summed E-state index contributed by atoms with van der Waals surface area (Å²) in [5.41, 5.74) is 0. The predicted molar refractivity (Wildman–Crippen MR) is 67.2 cm³/mol. The van der Waals surface area contributed by atoms with E-state index in [0.717, 1.165) is 39.0 Å². The summed E-state index contributed by atoms with van der Waals surface area (Å²) in [7, 11) is 0. The molecule has 1 N–H and O–H groups in total. The van der Waals surface area contributed by atoms with Crippen LogP contribution in [0.2, 0.25) is 0 Å². The first-order valence-electron chi connectivity index (χ1n) is 6.60. The van der Waals surface area contributed by atoms with Gasteiger partial charge in [-0.15, -0.1) is 0 Å². The van der Waals surface area contributed by atoms with Crippen molar-refractivity contribution in [2.75, 3.05) is 26.2 Å². The molecule has 1 unspecified atom stereocenters. The number of hydrogen-bond acceptors (Lipinski definition) is 3. The molecule has 0 aromatic rings. The fourth-order valence-electron chi connectivity index (χ4n) is 2.21. The highest BCUT2D eigenvalue weighted by molar-refractivity contribution is 5.80. The molecule has 0 spiro atoms. The van der Waals surface area contributed by atoms with Crippen molar-refractivity contribution >= 4 is 5.91 Å². The van der Waals surface area contributed by atoms with Crippen molar-refractivity contribution in [2.45, 2.75) is 33.1 Å². The molecular weight excluding hydrogens is 214 g/mol. The fourth-order valence-corrected chi connectivity index (χ4v) is 2.21. The van der Waals surface area contributed by atoms with E-state index in [1.165, 1.54) is 0 Å². The van der Waals surface area contributed by atoms with Gasteiger partial charge in [-0.05, 0) is 44.8 Å². The molecule has 17 heavy (non-hydrogen) atoms. The lowest BCUT2D eigenvalue weighted by atomic mass is 9.96. The van der Waals surface area contributed by atoms with Crippen LogP contribution in [0, 0.1) is 23.2 Å². The molecule has 0 radical (unpaired) electrons. The van der Waals surface area contributed by atoms with Gasteiger partial charge in [-0.3, -0.25) is 4.79 Å². The Kier molecular flexibility index (Phi) is 5.99. The molecule has 1 amide bonds. The van der Waals surface area contributed by atoms with Crippen LogP contribution >= 0.6 is 0 Å². The lowest BCUT2D eigenvalue weighted by Crippen LogP contribution is -2.39. The van der Waals surface area contributed by atoms with Crippen molar-refractivity contribution in [2.24, 2.45) is 11.8 Å². The smallest absolute Gasteiger partial charge is 0.237 e. The van der Waals surface area contributed by atoms with E-state index in [1.54, 1.807) is 0 Å². The summed E-state index contributed by atoms with van der Waals surface area (Å²) in [6.45, 7) is 8.16. The summed E-state index contributed by atoms with van der Waals surface area (Å²) in [4.78, 5) is 14.1. The number of carbonyl (C=O) groups excluding carboxylic acids is 1. The second-order valence-corrected chi connectivity index (χ2v) is 4.71. The third kappa shape index (κ3) is 4.35. The van der Waals surface area contributed by atoms with Gasteiger partial charge in [0.1, 0.15) is 5.92 Å². The number of carbonyl (C=O) groups is 1. The Hall–Kier alpha value is -1.08. The minimum atomic E-state index is -0.481. The van der Waals surface area contributed by atoms with Gasteiger partial charge < -0.3 is 10.2 Å². The van der Waals surface area contributed by atoms with Crippen molar-refractivity contribution in [3.8, 4) is 6.07 Å². The van der Waals surface area contributed by atoms with Gasteiger partial charge in [-0.2, -0.15) is 5.26 Å². The summed E-state index contributed by atoms with van der Waals surface area (Å²) in [6, 6.07) is 2.04. The van der Waals surface area contributed by atoms with Gasteiger partial charge in [0, 0.05) is 6.54 Å². The van der Waals surface area contributed by atoms with E-state index in [9.17, 15) is 4.79 Å². The van der Waals surface area contributed by atoms with Crippen LogP contribution in [0.15, 0.2) is 0 Å². The summed E-state index contributed by atoms with van der Waals surface area (Å²) >= 11 is 0. The molecule has 0 bridgehead atoms. The van der Waals surface area contributed by atoms with E-state index >= 15 is 0 Å². The van der Waals surface area contributed by atoms with Crippen LogP contribution in [0.1, 0.15) is 33.1 Å². The predicted octanol–water partition coefficient (Wildman–Crippen LogP) is 1.38. The van der Waals surface area contributed by atoms with Crippen LogP contribution in [0.3, 0.4) is 0 Å². The molecule has 96 valence electrons. The molecular formula is C13H23N3O. The van der Waals surface area contributed by atoms with E-state index in [1.807, 2.05) is 13.0 Å². The number of piperidine rings is 1. The van der Waals surface area contributed by atoms with Gasteiger partial charge in [-0.25, -0.2) is 0 Å². The maximum atomic E-state index is 11.6. The van der Waals surface area contributed by atoms with Gasteiger partial charge in [0.25, 0.3) is 0 Å². The van der Waals surface area contributed by atoms with Gasteiger partial charge in [-0.1, -0.05) is 13.8 Å². The number of nitrogens with one attached hydrogen (secondary N) is 1. The van der Waals surface area contributed by atoms with Gasteiger partial charge in [0.15, 0.2) is 0 Å². The first-order chi connectivity index (χ1) is 8.21. The molecule has 1 rings (SSSR count). The molecule has 4 nitrogen and oxygen atoms in total. The lowest BCUT2D eigenvalue weighted by Gasteiger charge is -2.31. The molecule has 4 heteroatoms. The lowest BCUT2D eigenvalue weighted by molar-refractivity contribution is -0.123. The number of nitrogens with zero attached hydrogens (tertiary/aromatic N) is 2. The molecule has 1 fully saturated rings. The van der Waals surface area contributed by atoms with Crippen LogP contribution in [0.25, 0.3) is 0 Å². The molecule has 0 aliphatic carbocycles. The molecule has 0 saturated carbocycles. The van der Waals surface area contributed by atoms with Gasteiger partial charge in [0.05, 0.1) is 6.07 Å². The quantitative estimate of drug-likeness (QED) is 0.786. The SMILES string of the molecule is CCC(C#N)C(=O)NCC1CCN(CC)CC1. The van der Waals surface area contributed by atoms with E-state index < -0.39 is 5.92 Å². The maximum Gasteiger partial charge on any atom is 0.237 e. The van der Waals surface area contributed by atoms with E-state index in [4.69, 9.17) is 5.26 Å². The molecule has 1 atom stereocenters. The highest BCUT2D eigenvalue weighted by Crippen LogP contribution is 2.16. The van der Waals surface area contributed by atoms with Gasteiger partial charge >= 0.3 is 0 Å². The van der Waals surface area contributed by atoms with Crippen LogP contribution < -0.4 is 5.32 Å². The average Bonchev–Trinajstić information content (AvgIpc) is 2.38. The second-order valence-electron chi connectivity index (χ2n) is 4.71. The molecule has 1 aliphatic heterocycles. The standard InChI is InChI=1S/C13H23N3O/c1-3-12(9-14)13(17)15-10-11-5-7-16(4-2)8-6-11/h11-12H,3-8,10H2,1-2H3,(H,15,17). The van der Waals surface area contributed by atoms with Crippen LogP contribution in [-0.2, 0) is 4.79 Å². The number of nitriles is 1. The second kappa shape index (κ2) is 7.29. The number of rotatable bonds is 5. The Bertz CT molecular complexity index is 277. The third-order valence-corrected chi connectivity index (χ3v) is 3.60. The number of hydrogen-bond donors (Lipinski definition) is 1. The summed E-state index contributed by atoms with van der Waals surface area (Å²) in [5.74, 6) is -0.00315. The number of likely N-dealkylation sites (tertiary alicyclic amines) is 1. The zero-order chi connectivity index (χ0) is 12.7. The van der Waals surface area contributed by atoms with Crippen molar-refractivity contribution < 1.29 is 4.79 Å². The Morgan fingerprint density at radius 2 is 2.12 bits per heavy atom. The Morgan fingerprint density at radius 1 is 1.47 bits per heavy atom. The monoisotopic (exact) mass is 237 g/mol. The highest BCUT2D eigenvalue weighted by Gasteiger charge is 2.20. The normalized spacial score (nSPS) is 19.6. The first-order valence-corrected chi connectivity index (χ1v) is 6.60. The van der Waals surface area contributed by atoms with Crippen molar-refractivity contribution in [1.29, 1.82) is 5.26 Å². The van der Waals surface area contributed by atoms with Crippen LogP contribution in [-0.4, -0.2) is 37.0 Å². The molecule has 1 saturated heterocycles. The minimum Gasteiger partial charge on any atom is -0.355 e. The van der Waals surface area contributed by atoms with Crippen LogP contribution in [0.4, 0.5) is 0 Å².